The van der Waals surface area contributed by atoms with Crippen LogP contribution in [-0.4, -0.2) is 5.91 Å². The predicted octanol–water partition coefficient (Wildman–Crippen LogP) is 1.46. The summed E-state index contributed by atoms with van der Waals surface area (Å²) >= 11 is 0. The van der Waals surface area contributed by atoms with E-state index in [1.165, 1.54) is 0 Å². The molecule has 0 aliphatic rings. The summed E-state index contributed by atoms with van der Waals surface area (Å²) < 4.78 is 0. The average Bonchev–Trinajstić information content (AvgIpc) is 1.87. The van der Waals surface area contributed by atoms with Crippen LogP contribution in [0.5, 0.6) is 0 Å². The number of hydrogen-bond acceptors (Lipinski definition) is 1. The van der Waals surface area contributed by atoms with Crippen LogP contribution in [0, 0.1) is 5.92 Å². The Hall–Kier alpha value is -0.790. The lowest BCUT2D eigenvalue weighted by Crippen LogP contribution is -2.21. The molecular weight excluding hydrogens is 126 g/mol. The molecule has 0 radical (unpaired) electrons. The first-order valence-electron chi connectivity index (χ1n) is 3.56. The van der Waals surface area contributed by atoms with Crippen molar-refractivity contribution in [3.8, 4) is 0 Å². The molecule has 0 aromatic heterocycles. The minimum Gasteiger partial charge on any atom is -0.369 e. The summed E-state index contributed by atoms with van der Waals surface area (Å²) in [5.74, 6) is -0.446. The Labute approximate surface area is 62.1 Å². The molecule has 58 valence electrons. The highest BCUT2D eigenvalue weighted by molar-refractivity contribution is 5.79. The number of carbonyl (C=O) groups is 1. The summed E-state index contributed by atoms with van der Waals surface area (Å²) in [6.45, 7) is 7.61. The van der Waals surface area contributed by atoms with E-state index < -0.39 is 0 Å². The largest absolute Gasteiger partial charge is 0.369 e. The van der Waals surface area contributed by atoms with Crippen molar-refractivity contribution in [3.63, 3.8) is 0 Å². The Morgan fingerprint density at radius 3 is 2.50 bits per heavy atom. The fourth-order valence-electron chi connectivity index (χ4n) is 0.739. The average molecular weight is 141 g/mol. The van der Waals surface area contributed by atoms with Gasteiger partial charge in [0.2, 0.25) is 5.91 Å². The van der Waals surface area contributed by atoms with E-state index >= 15 is 0 Å². The molecule has 0 aliphatic carbocycles. The Morgan fingerprint density at radius 1 is 1.70 bits per heavy atom. The van der Waals surface area contributed by atoms with Crippen LogP contribution in [0.3, 0.4) is 0 Å². The number of rotatable bonds is 4. The molecule has 0 aromatic carbocycles. The van der Waals surface area contributed by atoms with E-state index in [1.54, 1.807) is 6.92 Å². The van der Waals surface area contributed by atoms with Crippen LogP contribution in [-0.2, 0) is 4.79 Å². The smallest absolute Gasteiger partial charge is 0.224 e. The van der Waals surface area contributed by atoms with Crippen LogP contribution in [0.15, 0.2) is 12.2 Å². The van der Waals surface area contributed by atoms with E-state index in [-0.39, 0.29) is 11.8 Å². The van der Waals surface area contributed by atoms with Gasteiger partial charge in [-0.15, -0.1) is 0 Å². The van der Waals surface area contributed by atoms with E-state index in [9.17, 15) is 4.79 Å². The van der Waals surface area contributed by atoms with Gasteiger partial charge in [-0.1, -0.05) is 25.5 Å². The van der Waals surface area contributed by atoms with Crippen molar-refractivity contribution < 1.29 is 4.79 Å². The van der Waals surface area contributed by atoms with Crippen LogP contribution < -0.4 is 5.73 Å². The monoisotopic (exact) mass is 141 g/mol. The molecule has 0 aliphatic heterocycles. The number of primary amides is 1. The lowest BCUT2D eigenvalue weighted by Gasteiger charge is -2.08. The summed E-state index contributed by atoms with van der Waals surface area (Å²) in [7, 11) is 0. The minimum atomic E-state index is -0.279. The summed E-state index contributed by atoms with van der Waals surface area (Å²) in [6, 6.07) is 0. The predicted molar refractivity (Wildman–Crippen MR) is 42.4 cm³/mol. The molecule has 0 bridgehead atoms. The first kappa shape index (κ1) is 9.21. The zero-order valence-corrected chi connectivity index (χ0v) is 6.68. The van der Waals surface area contributed by atoms with Crippen molar-refractivity contribution in [2.45, 2.75) is 26.7 Å². The van der Waals surface area contributed by atoms with Crippen LogP contribution >= 0.6 is 0 Å². The van der Waals surface area contributed by atoms with Crippen LogP contribution in [0.1, 0.15) is 26.7 Å². The topological polar surface area (TPSA) is 43.1 Å². The van der Waals surface area contributed by atoms with Gasteiger partial charge in [-0.3, -0.25) is 4.79 Å². The molecule has 0 heterocycles. The Bertz CT molecular complexity index is 140. The van der Waals surface area contributed by atoms with Gasteiger partial charge in [0, 0.05) is 0 Å². The number of hydrogen-bond donors (Lipinski definition) is 1. The quantitative estimate of drug-likeness (QED) is 0.592. The van der Waals surface area contributed by atoms with E-state index in [4.69, 9.17) is 5.73 Å². The Morgan fingerprint density at radius 2 is 2.20 bits per heavy atom. The molecule has 0 rings (SSSR count). The van der Waals surface area contributed by atoms with Crippen LogP contribution in [0.25, 0.3) is 0 Å². The van der Waals surface area contributed by atoms with Crippen molar-refractivity contribution >= 4 is 5.91 Å². The molecule has 2 nitrogen and oxygen atoms in total. The summed E-state index contributed by atoms with van der Waals surface area (Å²) in [6.07, 6.45) is 1.92. The van der Waals surface area contributed by atoms with Crippen LogP contribution in [0.4, 0.5) is 0 Å². The SMILES string of the molecule is C=C(CCC)C(C)C(N)=O. The van der Waals surface area contributed by atoms with E-state index in [1.807, 2.05) is 0 Å². The molecular formula is C8H15NO. The highest BCUT2D eigenvalue weighted by atomic mass is 16.1. The molecule has 1 unspecified atom stereocenters. The van der Waals surface area contributed by atoms with Crippen molar-refractivity contribution in [1.29, 1.82) is 0 Å². The second kappa shape index (κ2) is 4.09. The molecule has 0 spiro atoms. The molecule has 10 heavy (non-hydrogen) atoms. The summed E-state index contributed by atoms with van der Waals surface area (Å²) in [4.78, 5) is 10.6. The Balaban J connectivity index is 3.82. The van der Waals surface area contributed by atoms with Crippen molar-refractivity contribution in [2.75, 3.05) is 0 Å². The lowest BCUT2D eigenvalue weighted by molar-refractivity contribution is -0.120. The van der Waals surface area contributed by atoms with Crippen LogP contribution in [0.2, 0.25) is 0 Å². The maximum Gasteiger partial charge on any atom is 0.224 e. The highest BCUT2D eigenvalue weighted by Gasteiger charge is 2.10. The van der Waals surface area contributed by atoms with Gasteiger partial charge in [0.1, 0.15) is 0 Å². The maximum atomic E-state index is 10.6. The standard InChI is InChI=1S/C8H15NO/c1-4-5-6(2)7(3)8(9)10/h7H,2,4-5H2,1,3H3,(H2,9,10). The molecule has 2 N–H and O–H groups in total. The fraction of sp³-hybridized carbons (Fsp3) is 0.625. The number of carbonyl (C=O) groups excluding carboxylic acids is 1. The lowest BCUT2D eigenvalue weighted by atomic mass is 9.98. The zero-order chi connectivity index (χ0) is 8.15. The minimum absolute atomic E-state index is 0.167. The number of nitrogens with two attached hydrogens (primary N) is 1. The molecule has 1 atom stereocenters. The van der Waals surface area contributed by atoms with Gasteiger partial charge in [0.25, 0.3) is 0 Å². The molecule has 0 fully saturated rings. The second-order valence-corrected chi connectivity index (χ2v) is 2.53. The summed E-state index contributed by atoms with van der Waals surface area (Å²) in [5.41, 5.74) is 6.01. The highest BCUT2D eigenvalue weighted by Crippen LogP contribution is 2.12. The van der Waals surface area contributed by atoms with Crippen molar-refractivity contribution in [2.24, 2.45) is 11.7 Å². The van der Waals surface area contributed by atoms with Crippen molar-refractivity contribution in [1.82, 2.24) is 0 Å². The van der Waals surface area contributed by atoms with Gasteiger partial charge in [-0.2, -0.15) is 0 Å². The molecule has 0 saturated heterocycles. The van der Waals surface area contributed by atoms with Crippen molar-refractivity contribution in [3.05, 3.63) is 12.2 Å². The molecule has 0 aromatic rings. The normalized spacial score (nSPS) is 12.6. The van der Waals surface area contributed by atoms with Gasteiger partial charge in [0.15, 0.2) is 0 Å². The van der Waals surface area contributed by atoms with E-state index in [2.05, 4.69) is 13.5 Å². The molecule has 1 amide bonds. The van der Waals surface area contributed by atoms with E-state index in [0.717, 1.165) is 18.4 Å². The zero-order valence-electron chi connectivity index (χ0n) is 6.68. The number of amides is 1. The summed E-state index contributed by atoms with van der Waals surface area (Å²) in [5, 5.41) is 0. The molecule has 2 heteroatoms. The van der Waals surface area contributed by atoms with Gasteiger partial charge in [-0.05, 0) is 13.3 Å². The fourth-order valence-corrected chi connectivity index (χ4v) is 0.739. The molecule has 0 saturated carbocycles. The van der Waals surface area contributed by atoms with E-state index in [0.29, 0.717) is 0 Å². The first-order chi connectivity index (χ1) is 4.59. The maximum absolute atomic E-state index is 10.6. The van der Waals surface area contributed by atoms with Gasteiger partial charge < -0.3 is 5.73 Å². The Kier molecular flexibility index (Phi) is 3.77. The van der Waals surface area contributed by atoms with Gasteiger partial charge >= 0.3 is 0 Å². The second-order valence-electron chi connectivity index (χ2n) is 2.53. The van der Waals surface area contributed by atoms with Gasteiger partial charge in [-0.25, -0.2) is 0 Å². The third-order valence-corrected chi connectivity index (χ3v) is 1.61. The third kappa shape index (κ3) is 2.67. The third-order valence-electron chi connectivity index (χ3n) is 1.61. The first-order valence-corrected chi connectivity index (χ1v) is 3.56. The van der Waals surface area contributed by atoms with Gasteiger partial charge in [0.05, 0.1) is 5.92 Å².